The van der Waals surface area contributed by atoms with Gasteiger partial charge in [0.25, 0.3) is 0 Å². The molecule has 4 heteroatoms. The topological polar surface area (TPSA) is 47.3 Å². The molecule has 0 bridgehead atoms. The fourth-order valence-electron chi connectivity index (χ4n) is 2.66. The number of ether oxygens (including phenoxy) is 1. The van der Waals surface area contributed by atoms with Crippen LogP contribution in [0.5, 0.6) is 5.75 Å². The molecule has 1 aliphatic rings. The molecule has 0 spiro atoms. The smallest absolute Gasteiger partial charge is 0.144 e. The van der Waals surface area contributed by atoms with Gasteiger partial charge in [0.15, 0.2) is 0 Å². The standard InChI is InChI=1S/C15H24N2OS/c1-3-18-14-9-5-8-13(15(14)16)17-11-6-4-7-12(10-11)19-2/h5,8-9,11-12,17H,3-4,6-7,10,16H2,1-2H3. The molecule has 2 atom stereocenters. The van der Waals surface area contributed by atoms with E-state index >= 15 is 0 Å². The Balaban J connectivity index is 2.04. The molecule has 0 radical (unpaired) electrons. The summed E-state index contributed by atoms with van der Waals surface area (Å²) in [6.07, 6.45) is 7.30. The van der Waals surface area contributed by atoms with Crippen LogP contribution in [-0.2, 0) is 0 Å². The lowest BCUT2D eigenvalue weighted by Crippen LogP contribution is -2.28. The van der Waals surface area contributed by atoms with Crippen LogP contribution < -0.4 is 15.8 Å². The Morgan fingerprint density at radius 2 is 2.26 bits per heavy atom. The first-order valence-electron chi connectivity index (χ1n) is 7.05. The van der Waals surface area contributed by atoms with E-state index in [2.05, 4.69) is 11.6 Å². The van der Waals surface area contributed by atoms with E-state index in [0.717, 1.165) is 22.4 Å². The van der Waals surface area contributed by atoms with E-state index < -0.39 is 0 Å². The number of thioether (sulfide) groups is 1. The van der Waals surface area contributed by atoms with E-state index in [-0.39, 0.29) is 0 Å². The lowest BCUT2D eigenvalue weighted by Gasteiger charge is -2.30. The van der Waals surface area contributed by atoms with Gasteiger partial charge in [-0.2, -0.15) is 11.8 Å². The second-order valence-corrected chi connectivity index (χ2v) is 6.15. The van der Waals surface area contributed by atoms with Gasteiger partial charge in [-0.1, -0.05) is 12.5 Å². The maximum absolute atomic E-state index is 6.16. The molecule has 2 rings (SSSR count). The molecule has 0 aromatic heterocycles. The van der Waals surface area contributed by atoms with Crippen molar-refractivity contribution < 1.29 is 4.74 Å². The highest BCUT2D eigenvalue weighted by Crippen LogP contribution is 2.33. The summed E-state index contributed by atoms with van der Waals surface area (Å²) < 4.78 is 5.54. The van der Waals surface area contributed by atoms with Gasteiger partial charge in [0.1, 0.15) is 5.75 Å². The molecule has 0 amide bonds. The van der Waals surface area contributed by atoms with E-state index in [1.165, 1.54) is 25.7 Å². The third-order valence-corrected chi connectivity index (χ3v) is 4.78. The van der Waals surface area contributed by atoms with E-state index in [4.69, 9.17) is 10.5 Å². The van der Waals surface area contributed by atoms with Gasteiger partial charge in [0, 0.05) is 11.3 Å². The van der Waals surface area contributed by atoms with Crippen molar-refractivity contribution in [2.45, 2.75) is 43.9 Å². The zero-order chi connectivity index (χ0) is 13.7. The second kappa shape index (κ2) is 6.94. The van der Waals surface area contributed by atoms with Crippen LogP contribution in [0, 0.1) is 0 Å². The minimum absolute atomic E-state index is 0.533. The lowest BCUT2D eigenvalue weighted by atomic mass is 9.94. The maximum atomic E-state index is 6.16. The molecule has 1 aromatic carbocycles. The largest absolute Gasteiger partial charge is 0.492 e. The summed E-state index contributed by atoms with van der Waals surface area (Å²) in [7, 11) is 0. The molecule has 1 aliphatic carbocycles. The predicted octanol–water partition coefficient (Wildman–Crippen LogP) is 3.75. The molecule has 0 heterocycles. The maximum Gasteiger partial charge on any atom is 0.144 e. The molecule has 0 saturated heterocycles. The number of benzene rings is 1. The number of para-hydroxylation sites is 1. The number of anilines is 2. The Hall–Kier alpha value is -1.03. The summed E-state index contributed by atoms with van der Waals surface area (Å²) in [6, 6.07) is 6.50. The van der Waals surface area contributed by atoms with Crippen LogP contribution in [0.2, 0.25) is 0 Å². The summed E-state index contributed by atoms with van der Waals surface area (Å²) in [4.78, 5) is 0. The fraction of sp³-hybridized carbons (Fsp3) is 0.600. The Morgan fingerprint density at radius 3 is 3.00 bits per heavy atom. The van der Waals surface area contributed by atoms with Crippen LogP contribution in [0.4, 0.5) is 11.4 Å². The minimum atomic E-state index is 0.533. The van der Waals surface area contributed by atoms with Gasteiger partial charge in [0.05, 0.1) is 18.0 Å². The SMILES string of the molecule is CCOc1cccc(NC2CCCC(SC)C2)c1N. The summed E-state index contributed by atoms with van der Waals surface area (Å²) in [5.74, 6) is 0.782. The van der Waals surface area contributed by atoms with Gasteiger partial charge in [-0.25, -0.2) is 0 Å². The highest BCUT2D eigenvalue weighted by Gasteiger charge is 2.21. The number of hydrogen-bond donors (Lipinski definition) is 2. The van der Waals surface area contributed by atoms with Gasteiger partial charge in [-0.15, -0.1) is 0 Å². The third-order valence-electron chi connectivity index (χ3n) is 3.69. The average molecular weight is 280 g/mol. The summed E-state index contributed by atoms with van der Waals surface area (Å²) >= 11 is 1.98. The van der Waals surface area contributed by atoms with Crippen molar-refractivity contribution in [3.63, 3.8) is 0 Å². The number of nitrogen functional groups attached to an aromatic ring is 1. The number of nitrogens with one attached hydrogen (secondary N) is 1. The second-order valence-electron chi connectivity index (χ2n) is 5.02. The minimum Gasteiger partial charge on any atom is -0.492 e. The van der Waals surface area contributed by atoms with Gasteiger partial charge >= 0.3 is 0 Å². The van der Waals surface area contributed by atoms with Crippen molar-refractivity contribution in [1.82, 2.24) is 0 Å². The molecule has 3 N–H and O–H groups in total. The van der Waals surface area contributed by atoms with Crippen molar-refractivity contribution in [2.75, 3.05) is 23.9 Å². The van der Waals surface area contributed by atoms with Gasteiger partial charge in [-0.3, -0.25) is 0 Å². The molecular formula is C15H24N2OS. The number of nitrogens with two attached hydrogens (primary N) is 1. The molecule has 19 heavy (non-hydrogen) atoms. The Labute approximate surface area is 120 Å². The number of hydrogen-bond acceptors (Lipinski definition) is 4. The van der Waals surface area contributed by atoms with Crippen molar-refractivity contribution >= 4 is 23.1 Å². The highest BCUT2D eigenvalue weighted by molar-refractivity contribution is 7.99. The van der Waals surface area contributed by atoms with Crippen molar-refractivity contribution in [1.29, 1.82) is 0 Å². The molecule has 1 saturated carbocycles. The normalized spacial score (nSPS) is 23.1. The van der Waals surface area contributed by atoms with Crippen LogP contribution in [-0.4, -0.2) is 24.2 Å². The van der Waals surface area contributed by atoms with E-state index in [1.807, 2.05) is 36.9 Å². The first-order valence-corrected chi connectivity index (χ1v) is 8.34. The quantitative estimate of drug-likeness (QED) is 0.806. The average Bonchev–Trinajstić information content (AvgIpc) is 2.44. The zero-order valence-corrected chi connectivity index (χ0v) is 12.6. The van der Waals surface area contributed by atoms with Crippen molar-refractivity contribution in [3.8, 4) is 5.75 Å². The first-order chi connectivity index (χ1) is 9.24. The van der Waals surface area contributed by atoms with Crippen LogP contribution in [0.15, 0.2) is 18.2 Å². The number of rotatable bonds is 5. The Kier molecular flexibility index (Phi) is 5.25. The molecule has 2 unspecified atom stereocenters. The Morgan fingerprint density at radius 1 is 1.42 bits per heavy atom. The molecular weight excluding hydrogens is 256 g/mol. The van der Waals surface area contributed by atoms with E-state index in [0.29, 0.717) is 12.6 Å². The summed E-state index contributed by atoms with van der Waals surface area (Å²) in [5, 5.41) is 4.37. The van der Waals surface area contributed by atoms with Crippen LogP contribution in [0.25, 0.3) is 0 Å². The zero-order valence-electron chi connectivity index (χ0n) is 11.8. The molecule has 0 aliphatic heterocycles. The molecule has 1 aromatic rings. The third kappa shape index (κ3) is 3.72. The summed E-state index contributed by atoms with van der Waals surface area (Å²) in [5.41, 5.74) is 7.90. The fourth-order valence-corrected chi connectivity index (χ4v) is 3.49. The van der Waals surface area contributed by atoms with Crippen molar-refractivity contribution in [2.24, 2.45) is 0 Å². The van der Waals surface area contributed by atoms with Gasteiger partial charge < -0.3 is 15.8 Å². The van der Waals surface area contributed by atoms with E-state index in [1.54, 1.807) is 0 Å². The molecule has 3 nitrogen and oxygen atoms in total. The Bertz CT molecular complexity index is 411. The van der Waals surface area contributed by atoms with Crippen molar-refractivity contribution in [3.05, 3.63) is 18.2 Å². The summed E-state index contributed by atoms with van der Waals surface area (Å²) in [6.45, 7) is 2.62. The van der Waals surface area contributed by atoms with Crippen LogP contribution >= 0.6 is 11.8 Å². The first kappa shape index (κ1) is 14.4. The monoisotopic (exact) mass is 280 g/mol. The lowest BCUT2D eigenvalue weighted by molar-refractivity contribution is 0.342. The van der Waals surface area contributed by atoms with E-state index in [9.17, 15) is 0 Å². The van der Waals surface area contributed by atoms with Gasteiger partial charge in [0.2, 0.25) is 0 Å². The van der Waals surface area contributed by atoms with Gasteiger partial charge in [-0.05, 0) is 44.6 Å². The highest BCUT2D eigenvalue weighted by atomic mass is 32.2. The predicted molar refractivity (Wildman–Crippen MR) is 85.2 cm³/mol. The molecule has 106 valence electrons. The molecule has 1 fully saturated rings. The van der Waals surface area contributed by atoms with Crippen LogP contribution in [0.1, 0.15) is 32.6 Å². The van der Waals surface area contributed by atoms with Crippen LogP contribution in [0.3, 0.4) is 0 Å².